The van der Waals surface area contributed by atoms with Crippen molar-refractivity contribution in [1.29, 1.82) is 0 Å². The van der Waals surface area contributed by atoms with Gasteiger partial charge < -0.3 is 9.88 Å². The van der Waals surface area contributed by atoms with Gasteiger partial charge in [0.1, 0.15) is 0 Å². The first-order chi connectivity index (χ1) is 14.6. The van der Waals surface area contributed by atoms with Crippen LogP contribution in [0.2, 0.25) is 0 Å². The van der Waals surface area contributed by atoms with Crippen LogP contribution >= 0.6 is 0 Å². The summed E-state index contributed by atoms with van der Waals surface area (Å²) in [6.45, 7) is 6.07. The number of amides is 1. The number of nitrogens with one attached hydrogen (secondary N) is 1. The quantitative estimate of drug-likeness (QED) is 0.479. The number of rotatable bonds is 5. The van der Waals surface area contributed by atoms with Crippen LogP contribution in [0.5, 0.6) is 0 Å². The number of carbonyl (C=O) groups is 1. The van der Waals surface area contributed by atoms with Crippen molar-refractivity contribution in [1.82, 2.24) is 9.88 Å². The fourth-order valence-electron chi connectivity index (χ4n) is 4.27. The minimum absolute atomic E-state index is 0.871. The fraction of sp³-hybridized carbons (Fsp3) is 0.269. The predicted molar refractivity (Wildman–Crippen MR) is 125 cm³/mol. The fourth-order valence-corrected chi connectivity index (χ4v) is 4.27. The van der Waals surface area contributed by atoms with Crippen molar-refractivity contribution in [2.75, 3.05) is 11.4 Å². The van der Waals surface area contributed by atoms with Gasteiger partial charge >= 0.3 is 0 Å². The lowest BCUT2D eigenvalue weighted by molar-refractivity contribution is -0.106. The van der Waals surface area contributed by atoms with Gasteiger partial charge in [-0.05, 0) is 68.1 Å². The minimum Gasteiger partial charge on any atom is -0.347 e. The molecule has 1 N–H and O–H groups in total. The van der Waals surface area contributed by atoms with Gasteiger partial charge in [0.05, 0.1) is 11.2 Å². The lowest BCUT2D eigenvalue weighted by atomic mass is 10.0. The molecule has 0 saturated heterocycles. The Morgan fingerprint density at radius 3 is 2.70 bits per heavy atom. The molecule has 3 aromatic rings. The van der Waals surface area contributed by atoms with Crippen molar-refractivity contribution >= 4 is 28.6 Å². The van der Waals surface area contributed by atoms with Crippen molar-refractivity contribution in [2.24, 2.45) is 7.05 Å². The standard InChI is InChI=1S/C26H29N3O/c1-4-20(21-9-7-19(2)8-10-21)13-15-29(18-30)22-11-12-23-24-17-27-14-5-6-25(24)28(3)26(23)16-22/h4,7-13,15-16,18,27H,5-6,14,17H2,1-3H3. The molecule has 0 saturated carbocycles. The first-order valence-electron chi connectivity index (χ1n) is 10.6. The maximum Gasteiger partial charge on any atom is 0.218 e. The summed E-state index contributed by atoms with van der Waals surface area (Å²) in [5.41, 5.74) is 8.29. The van der Waals surface area contributed by atoms with E-state index in [2.05, 4.69) is 66.3 Å². The molecule has 0 radical (unpaired) electrons. The van der Waals surface area contributed by atoms with Gasteiger partial charge in [-0.15, -0.1) is 0 Å². The molecule has 1 aliphatic heterocycles. The van der Waals surface area contributed by atoms with E-state index >= 15 is 0 Å². The molecule has 4 heteroatoms. The van der Waals surface area contributed by atoms with Crippen molar-refractivity contribution in [3.63, 3.8) is 0 Å². The molecule has 1 aromatic heterocycles. The molecule has 154 valence electrons. The third kappa shape index (κ3) is 3.83. The summed E-state index contributed by atoms with van der Waals surface area (Å²) >= 11 is 0. The molecule has 0 fully saturated rings. The van der Waals surface area contributed by atoms with E-state index in [1.54, 1.807) is 4.90 Å². The average Bonchev–Trinajstić information content (AvgIpc) is 2.92. The summed E-state index contributed by atoms with van der Waals surface area (Å²) in [6, 6.07) is 14.7. The second kappa shape index (κ2) is 8.72. The Kier molecular flexibility index (Phi) is 5.86. The predicted octanol–water partition coefficient (Wildman–Crippen LogP) is 5.10. The van der Waals surface area contributed by atoms with Gasteiger partial charge in [0.2, 0.25) is 6.41 Å². The first kappa shape index (κ1) is 20.2. The molecule has 30 heavy (non-hydrogen) atoms. The second-order valence-corrected chi connectivity index (χ2v) is 7.90. The van der Waals surface area contributed by atoms with Gasteiger partial charge in [-0.25, -0.2) is 0 Å². The number of aromatic nitrogens is 1. The van der Waals surface area contributed by atoms with Gasteiger partial charge in [-0.1, -0.05) is 42.0 Å². The molecule has 0 aliphatic carbocycles. The van der Waals surface area contributed by atoms with E-state index in [1.807, 2.05) is 25.3 Å². The lowest BCUT2D eigenvalue weighted by Crippen LogP contribution is -2.13. The normalized spacial score (nSPS) is 14.7. The summed E-state index contributed by atoms with van der Waals surface area (Å²) < 4.78 is 2.29. The van der Waals surface area contributed by atoms with Crippen molar-refractivity contribution in [3.8, 4) is 0 Å². The largest absolute Gasteiger partial charge is 0.347 e. The summed E-state index contributed by atoms with van der Waals surface area (Å²) in [5.74, 6) is 0. The highest BCUT2D eigenvalue weighted by Crippen LogP contribution is 2.31. The molecule has 0 atom stereocenters. The lowest BCUT2D eigenvalue weighted by Gasteiger charge is -2.14. The minimum atomic E-state index is 0.871. The number of anilines is 1. The van der Waals surface area contributed by atoms with E-state index in [1.165, 1.54) is 27.7 Å². The Morgan fingerprint density at radius 2 is 1.97 bits per heavy atom. The molecule has 0 spiro atoms. The molecule has 2 aromatic carbocycles. The molecular formula is C26H29N3O. The average molecular weight is 400 g/mol. The van der Waals surface area contributed by atoms with Crippen LogP contribution in [-0.2, 0) is 24.8 Å². The maximum absolute atomic E-state index is 11.9. The Balaban J connectivity index is 1.66. The Bertz CT molecular complexity index is 1120. The molecule has 2 heterocycles. The topological polar surface area (TPSA) is 37.3 Å². The number of allylic oxidation sites excluding steroid dienone is 3. The summed E-state index contributed by atoms with van der Waals surface area (Å²) in [4.78, 5) is 13.5. The third-order valence-electron chi connectivity index (χ3n) is 6.01. The number of hydrogen-bond donors (Lipinski definition) is 1. The number of hydrogen-bond acceptors (Lipinski definition) is 2. The van der Waals surface area contributed by atoms with Gasteiger partial charge in [0, 0.05) is 30.9 Å². The maximum atomic E-state index is 11.9. The van der Waals surface area contributed by atoms with E-state index in [0.717, 1.165) is 49.2 Å². The Hall–Kier alpha value is -3.11. The molecule has 0 bridgehead atoms. The third-order valence-corrected chi connectivity index (χ3v) is 6.01. The molecule has 1 aliphatic rings. The van der Waals surface area contributed by atoms with Crippen molar-refractivity contribution in [2.45, 2.75) is 33.2 Å². The zero-order valence-electron chi connectivity index (χ0n) is 18.0. The van der Waals surface area contributed by atoms with Gasteiger partial charge in [-0.3, -0.25) is 9.69 Å². The van der Waals surface area contributed by atoms with E-state index < -0.39 is 0 Å². The number of nitrogens with zero attached hydrogens (tertiary/aromatic N) is 2. The SMILES string of the molecule is CC=C(C=CN(C=O)c1ccc2c3c(n(C)c2c1)CCCNC3)c1ccc(C)cc1. The Labute approximate surface area is 178 Å². The van der Waals surface area contributed by atoms with Crippen LogP contribution < -0.4 is 10.2 Å². The summed E-state index contributed by atoms with van der Waals surface area (Å²) in [5, 5.41) is 4.79. The van der Waals surface area contributed by atoms with E-state index in [-0.39, 0.29) is 0 Å². The van der Waals surface area contributed by atoms with E-state index in [9.17, 15) is 4.79 Å². The van der Waals surface area contributed by atoms with Crippen LogP contribution in [-0.4, -0.2) is 17.5 Å². The molecule has 1 amide bonds. The highest BCUT2D eigenvalue weighted by Gasteiger charge is 2.17. The molecule has 4 nitrogen and oxygen atoms in total. The van der Waals surface area contributed by atoms with Crippen LogP contribution in [0, 0.1) is 6.92 Å². The molecule has 0 unspecified atom stereocenters. The number of benzene rings is 2. The second-order valence-electron chi connectivity index (χ2n) is 7.90. The van der Waals surface area contributed by atoms with Crippen molar-refractivity contribution < 1.29 is 4.79 Å². The van der Waals surface area contributed by atoms with Gasteiger partial charge in [-0.2, -0.15) is 0 Å². The van der Waals surface area contributed by atoms with Crippen LogP contribution in [0.25, 0.3) is 16.5 Å². The van der Waals surface area contributed by atoms with Crippen molar-refractivity contribution in [3.05, 3.63) is 83.2 Å². The van der Waals surface area contributed by atoms with Crippen LogP contribution in [0.4, 0.5) is 5.69 Å². The summed E-state index contributed by atoms with van der Waals surface area (Å²) in [7, 11) is 2.13. The zero-order chi connectivity index (χ0) is 21.1. The highest BCUT2D eigenvalue weighted by molar-refractivity contribution is 5.91. The van der Waals surface area contributed by atoms with Crippen LogP contribution in [0.1, 0.15) is 35.7 Å². The van der Waals surface area contributed by atoms with E-state index in [0.29, 0.717) is 0 Å². The van der Waals surface area contributed by atoms with Crippen LogP contribution in [0.15, 0.2) is 60.8 Å². The van der Waals surface area contributed by atoms with E-state index in [4.69, 9.17) is 0 Å². The molecule has 4 rings (SSSR count). The smallest absolute Gasteiger partial charge is 0.218 e. The first-order valence-corrected chi connectivity index (χ1v) is 10.6. The summed E-state index contributed by atoms with van der Waals surface area (Å²) in [6.07, 6.45) is 9.01. The Morgan fingerprint density at radius 1 is 1.17 bits per heavy atom. The zero-order valence-corrected chi connectivity index (χ0v) is 18.0. The number of aryl methyl sites for hydroxylation is 2. The highest BCUT2D eigenvalue weighted by atomic mass is 16.1. The van der Waals surface area contributed by atoms with Gasteiger partial charge in [0.15, 0.2) is 0 Å². The number of carbonyl (C=O) groups excluding carboxylic acids is 1. The molecular weight excluding hydrogens is 370 g/mol. The van der Waals surface area contributed by atoms with Gasteiger partial charge in [0.25, 0.3) is 0 Å². The van der Waals surface area contributed by atoms with Crippen LogP contribution in [0.3, 0.4) is 0 Å². The number of fused-ring (bicyclic) bond motifs is 3. The monoisotopic (exact) mass is 399 g/mol.